The number of aryl methyl sites for hydroxylation is 1. The normalized spacial score (nSPS) is 17.6. The summed E-state index contributed by atoms with van der Waals surface area (Å²) in [5, 5.41) is 17.1. The van der Waals surface area contributed by atoms with E-state index < -0.39 is 11.7 Å². The molecule has 1 fully saturated rings. The highest BCUT2D eigenvalue weighted by atomic mass is 16.6. The van der Waals surface area contributed by atoms with Crippen LogP contribution in [0.3, 0.4) is 0 Å². The van der Waals surface area contributed by atoms with Crippen molar-refractivity contribution in [2.45, 2.75) is 52.1 Å². The number of nitrogens with one attached hydrogen (secondary N) is 1. The lowest BCUT2D eigenvalue weighted by Crippen LogP contribution is -2.43. The van der Waals surface area contributed by atoms with Gasteiger partial charge < -0.3 is 15.2 Å². The zero-order chi connectivity index (χ0) is 17.1. The topological polar surface area (TPSA) is 76.4 Å². The van der Waals surface area contributed by atoms with E-state index in [-0.39, 0.29) is 12.0 Å². The molecule has 1 aliphatic rings. The quantitative estimate of drug-likeness (QED) is 0.807. The number of alkyl carbamates (subject to hydrolysis) is 1. The Hall–Kier alpha value is -1.56. The molecule has 23 heavy (non-hydrogen) atoms. The first kappa shape index (κ1) is 17.8. The molecule has 0 aromatic carbocycles. The summed E-state index contributed by atoms with van der Waals surface area (Å²) in [5.74, 6) is 0.652. The highest BCUT2D eigenvalue weighted by molar-refractivity contribution is 5.67. The van der Waals surface area contributed by atoms with Crippen LogP contribution in [0.5, 0.6) is 0 Å². The average Bonchev–Trinajstić information content (AvgIpc) is 3.15. The number of rotatable bonds is 7. The minimum Gasteiger partial charge on any atom is -0.444 e. The molecule has 1 amide bonds. The van der Waals surface area contributed by atoms with E-state index in [1.165, 1.54) is 12.8 Å². The van der Waals surface area contributed by atoms with Crippen molar-refractivity contribution in [1.29, 1.82) is 0 Å². The van der Waals surface area contributed by atoms with Gasteiger partial charge in [-0.1, -0.05) is 12.8 Å². The van der Waals surface area contributed by atoms with Crippen LogP contribution in [0.2, 0.25) is 0 Å². The largest absolute Gasteiger partial charge is 0.444 e. The van der Waals surface area contributed by atoms with Gasteiger partial charge in [-0.3, -0.25) is 4.68 Å². The molecule has 6 heteroatoms. The summed E-state index contributed by atoms with van der Waals surface area (Å²) in [6.45, 7) is 5.96. The number of amides is 1. The Morgan fingerprint density at radius 3 is 2.65 bits per heavy atom. The number of aromatic nitrogens is 2. The number of hydrogen-bond acceptors (Lipinski definition) is 4. The Morgan fingerprint density at radius 1 is 1.48 bits per heavy atom. The third-order valence-corrected chi connectivity index (χ3v) is 4.10. The van der Waals surface area contributed by atoms with Crippen molar-refractivity contribution < 1.29 is 14.6 Å². The van der Waals surface area contributed by atoms with Gasteiger partial charge in [-0.15, -0.1) is 0 Å². The zero-order valence-corrected chi connectivity index (χ0v) is 14.6. The van der Waals surface area contributed by atoms with Crippen molar-refractivity contribution in [3.8, 4) is 0 Å². The monoisotopic (exact) mass is 323 g/mol. The van der Waals surface area contributed by atoms with Gasteiger partial charge >= 0.3 is 6.09 Å². The average molecular weight is 323 g/mol. The number of aliphatic hydroxyl groups excluding tert-OH is 1. The minimum absolute atomic E-state index is 0.0359. The van der Waals surface area contributed by atoms with Gasteiger partial charge in [0.2, 0.25) is 0 Å². The molecule has 0 radical (unpaired) electrons. The Labute approximate surface area is 138 Å². The van der Waals surface area contributed by atoms with E-state index in [1.54, 1.807) is 4.68 Å². The van der Waals surface area contributed by atoms with Crippen LogP contribution in [0.4, 0.5) is 4.79 Å². The molecule has 0 aliphatic heterocycles. The van der Waals surface area contributed by atoms with Crippen molar-refractivity contribution >= 4 is 6.09 Å². The van der Waals surface area contributed by atoms with Gasteiger partial charge in [-0.2, -0.15) is 5.10 Å². The van der Waals surface area contributed by atoms with E-state index in [4.69, 9.17) is 4.74 Å². The molecule has 1 heterocycles. The summed E-state index contributed by atoms with van der Waals surface area (Å²) in [6.07, 6.45) is 7.38. The summed E-state index contributed by atoms with van der Waals surface area (Å²) < 4.78 is 7.06. The van der Waals surface area contributed by atoms with Gasteiger partial charge in [-0.05, 0) is 45.1 Å². The van der Waals surface area contributed by atoms with E-state index in [2.05, 4.69) is 10.4 Å². The summed E-state index contributed by atoms with van der Waals surface area (Å²) >= 11 is 0. The predicted molar refractivity (Wildman–Crippen MR) is 88.0 cm³/mol. The van der Waals surface area contributed by atoms with Gasteiger partial charge in [0.1, 0.15) is 5.60 Å². The van der Waals surface area contributed by atoms with Crippen molar-refractivity contribution in [2.24, 2.45) is 18.4 Å². The Bertz CT molecular complexity index is 531. The van der Waals surface area contributed by atoms with Crippen LogP contribution in [0.25, 0.3) is 0 Å². The van der Waals surface area contributed by atoms with Crippen molar-refractivity contribution in [3.05, 3.63) is 18.0 Å². The summed E-state index contributed by atoms with van der Waals surface area (Å²) in [7, 11) is 1.88. The maximum absolute atomic E-state index is 11.9. The SMILES string of the molecule is Cn1cc(CC(CO)(CNC(=O)OC(C)(C)C)CC2CC2)cn1. The third-order valence-electron chi connectivity index (χ3n) is 4.10. The van der Waals surface area contributed by atoms with E-state index in [1.807, 2.05) is 40.2 Å². The first-order chi connectivity index (χ1) is 10.7. The van der Waals surface area contributed by atoms with Crippen LogP contribution in [-0.2, 0) is 18.2 Å². The van der Waals surface area contributed by atoms with E-state index in [0.717, 1.165) is 12.0 Å². The Balaban J connectivity index is 2.01. The minimum atomic E-state index is -0.522. The predicted octanol–water partition coefficient (Wildman–Crippen LogP) is 2.27. The zero-order valence-electron chi connectivity index (χ0n) is 14.6. The summed E-state index contributed by atoms with van der Waals surface area (Å²) in [5.41, 5.74) is 0.195. The van der Waals surface area contributed by atoms with Crippen molar-refractivity contribution in [2.75, 3.05) is 13.2 Å². The van der Waals surface area contributed by atoms with E-state index in [0.29, 0.717) is 18.9 Å². The van der Waals surface area contributed by atoms with Crippen LogP contribution >= 0.6 is 0 Å². The van der Waals surface area contributed by atoms with Crippen LogP contribution < -0.4 is 5.32 Å². The second-order valence-corrected chi connectivity index (χ2v) is 7.86. The number of nitrogens with zero attached hydrogens (tertiary/aromatic N) is 2. The molecule has 1 unspecified atom stereocenters. The number of carbonyl (C=O) groups is 1. The fraction of sp³-hybridized carbons (Fsp3) is 0.765. The second kappa shape index (κ2) is 6.91. The third kappa shape index (κ3) is 5.86. The van der Waals surface area contributed by atoms with Crippen molar-refractivity contribution in [3.63, 3.8) is 0 Å². The molecule has 1 aliphatic carbocycles. The van der Waals surface area contributed by atoms with Gasteiger partial charge in [0.15, 0.2) is 0 Å². The number of aliphatic hydroxyl groups is 1. The maximum atomic E-state index is 11.9. The summed E-state index contributed by atoms with van der Waals surface area (Å²) in [6, 6.07) is 0. The molecular formula is C17H29N3O3. The van der Waals surface area contributed by atoms with E-state index in [9.17, 15) is 9.90 Å². The second-order valence-electron chi connectivity index (χ2n) is 7.86. The van der Waals surface area contributed by atoms with Crippen LogP contribution in [0, 0.1) is 11.3 Å². The molecule has 0 spiro atoms. The lowest BCUT2D eigenvalue weighted by molar-refractivity contribution is 0.0449. The van der Waals surface area contributed by atoms with Gasteiger partial charge in [0, 0.05) is 25.2 Å². The number of hydrogen-bond donors (Lipinski definition) is 2. The lowest BCUT2D eigenvalue weighted by atomic mass is 9.78. The standard InChI is InChI=1S/C17H29N3O3/c1-16(2,3)23-15(22)18-11-17(12-21,7-13-5-6-13)8-14-9-19-20(4)10-14/h9-10,13,21H,5-8,11-12H2,1-4H3,(H,18,22). The molecule has 1 aromatic heterocycles. The van der Waals surface area contributed by atoms with Crippen LogP contribution in [0.15, 0.2) is 12.4 Å². The molecule has 0 saturated heterocycles. The molecule has 1 atom stereocenters. The Morgan fingerprint density at radius 2 is 2.17 bits per heavy atom. The lowest BCUT2D eigenvalue weighted by Gasteiger charge is -2.32. The molecule has 1 aromatic rings. The number of carbonyl (C=O) groups excluding carboxylic acids is 1. The van der Waals surface area contributed by atoms with Crippen LogP contribution in [0.1, 0.15) is 45.6 Å². The molecule has 2 N–H and O–H groups in total. The molecule has 1 saturated carbocycles. The molecule has 130 valence electrons. The fourth-order valence-electron chi connectivity index (χ4n) is 2.89. The van der Waals surface area contributed by atoms with Gasteiger partial charge in [-0.25, -0.2) is 4.79 Å². The number of ether oxygens (including phenoxy) is 1. The smallest absolute Gasteiger partial charge is 0.407 e. The maximum Gasteiger partial charge on any atom is 0.407 e. The molecule has 0 bridgehead atoms. The van der Waals surface area contributed by atoms with Crippen molar-refractivity contribution in [1.82, 2.24) is 15.1 Å². The van der Waals surface area contributed by atoms with E-state index >= 15 is 0 Å². The highest BCUT2D eigenvalue weighted by Crippen LogP contribution is 2.41. The van der Waals surface area contributed by atoms with Gasteiger partial charge in [0.25, 0.3) is 0 Å². The highest BCUT2D eigenvalue weighted by Gasteiger charge is 2.37. The molecular weight excluding hydrogens is 294 g/mol. The first-order valence-corrected chi connectivity index (χ1v) is 8.27. The van der Waals surface area contributed by atoms with Crippen LogP contribution in [-0.4, -0.2) is 39.7 Å². The first-order valence-electron chi connectivity index (χ1n) is 8.27. The Kier molecular flexibility index (Phi) is 5.34. The van der Waals surface area contributed by atoms with Gasteiger partial charge in [0.05, 0.1) is 12.8 Å². The molecule has 6 nitrogen and oxygen atoms in total. The summed E-state index contributed by atoms with van der Waals surface area (Å²) in [4.78, 5) is 11.9. The molecule has 2 rings (SSSR count). The fourth-order valence-corrected chi connectivity index (χ4v) is 2.89.